The third-order valence-corrected chi connectivity index (χ3v) is 1.05. The van der Waals surface area contributed by atoms with Gasteiger partial charge in [0.25, 0.3) is 0 Å². The number of aryl methyl sites for hydroxylation is 1. The van der Waals surface area contributed by atoms with Gasteiger partial charge in [-0.3, -0.25) is 4.68 Å². The molecule has 0 saturated heterocycles. The fourth-order valence-electron chi connectivity index (χ4n) is 0.658. The number of nitrogens with zero attached hydrogens (tertiary/aromatic N) is 3. The smallest absolute Gasteiger partial charge is 0.0839 e. The van der Waals surface area contributed by atoms with Gasteiger partial charge in [-0.05, 0) is 6.54 Å². The van der Waals surface area contributed by atoms with E-state index in [1.54, 1.807) is 4.68 Å². The van der Waals surface area contributed by atoms with Crippen molar-refractivity contribution in [3.63, 3.8) is 0 Å². The van der Waals surface area contributed by atoms with Crippen molar-refractivity contribution in [2.75, 3.05) is 6.54 Å². The third kappa shape index (κ3) is 4.19. The Hall–Kier alpha value is -0.320. The number of hydrogen-bond acceptors (Lipinski definition) is 3. The van der Waals surface area contributed by atoms with Gasteiger partial charge < -0.3 is 5.73 Å². The second-order valence-electron chi connectivity index (χ2n) is 1.92. The van der Waals surface area contributed by atoms with Crippen LogP contribution in [0.2, 0.25) is 0 Å². The first-order chi connectivity index (χ1) is 4.33. The van der Waals surface area contributed by atoms with Crippen LogP contribution in [0.4, 0.5) is 0 Å². The van der Waals surface area contributed by atoms with E-state index in [1.165, 1.54) is 0 Å². The van der Waals surface area contributed by atoms with Gasteiger partial charge in [-0.25, -0.2) is 0 Å². The van der Waals surface area contributed by atoms with Crippen LogP contribution >= 0.6 is 24.8 Å². The molecule has 0 unspecified atom stereocenters. The van der Waals surface area contributed by atoms with E-state index in [0.29, 0.717) is 6.54 Å². The topological polar surface area (TPSA) is 56.7 Å². The first-order valence-corrected chi connectivity index (χ1v) is 2.88. The Morgan fingerprint density at radius 2 is 2.18 bits per heavy atom. The molecule has 0 aliphatic carbocycles. The van der Waals surface area contributed by atoms with Gasteiger partial charge in [-0.2, -0.15) is 0 Å². The quantitative estimate of drug-likeness (QED) is 0.738. The zero-order chi connectivity index (χ0) is 6.69. The van der Waals surface area contributed by atoms with Crippen molar-refractivity contribution in [2.24, 2.45) is 12.8 Å². The minimum absolute atomic E-state index is 0. The van der Waals surface area contributed by atoms with Gasteiger partial charge in [0.2, 0.25) is 0 Å². The van der Waals surface area contributed by atoms with Crippen LogP contribution in [-0.2, 0) is 13.5 Å². The van der Waals surface area contributed by atoms with E-state index in [0.717, 1.165) is 12.1 Å². The van der Waals surface area contributed by atoms with Crippen LogP contribution in [0.15, 0.2) is 6.20 Å². The van der Waals surface area contributed by atoms with E-state index in [2.05, 4.69) is 10.3 Å². The molecule has 0 aliphatic rings. The summed E-state index contributed by atoms with van der Waals surface area (Å²) in [6.07, 6.45) is 2.68. The number of nitrogens with two attached hydrogens (primary N) is 1. The standard InChI is InChI=1S/C5H10N4.2ClH/c1-9-4-5(2-3-6)7-8-9;;/h4H,2-3,6H2,1H3;2*1H. The maximum atomic E-state index is 5.29. The number of rotatable bonds is 2. The molecule has 4 nitrogen and oxygen atoms in total. The number of halogens is 2. The predicted octanol–water partition coefficient (Wildman–Crippen LogP) is 0.160. The highest BCUT2D eigenvalue weighted by Crippen LogP contribution is 1.89. The normalized spacial score (nSPS) is 8.18. The Morgan fingerprint density at radius 1 is 1.55 bits per heavy atom. The minimum atomic E-state index is 0. The number of aromatic nitrogens is 3. The van der Waals surface area contributed by atoms with Crippen LogP contribution in [0.3, 0.4) is 0 Å². The van der Waals surface area contributed by atoms with Crippen LogP contribution < -0.4 is 5.73 Å². The van der Waals surface area contributed by atoms with Crippen molar-refractivity contribution in [3.8, 4) is 0 Å². The molecular formula is C5H12Cl2N4. The van der Waals surface area contributed by atoms with E-state index in [9.17, 15) is 0 Å². The lowest BCUT2D eigenvalue weighted by Crippen LogP contribution is -2.02. The Labute approximate surface area is 78.0 Å². The Bertz CT molecular complexity index is 188. The lowest BCUT2D eigenvalue weighted by Gasteiger charge is -1.84. The Balaban J connectivity index is 0. The lowest BCUT2D eigenvalue weighted by atomic mass is 10.3. The van der Waals surface area contributed by atoms with Gasteiger partial charge >= 0.3 is 0 Å². The van der Waals surface area contributed by atoms with Gasteiger partial charge in [0.05, 0.1) is 5.69 Å². The van der Waals surface area contributed by atoms with Crippen molar-refractivity contribution >= 4 is 24.8 Å². The molecule has 0 atom stereocenters. The molecular weight excluding hydrogens is 187 g/mol. The van der Waals surface area contributed by atoms with E-state index >= 15 is 0 Å². The first-order valence-electron chi connectivity index (χ1n) is 2.88. The van der Waals surface area contributed by atoms with Crippen molar-refractivity contribution in [1.82, 2.24) is 15.0 Å². The van der Waals surface area contributed by atoms with Crippen molar-refractivity contribution in [3.05, 3.63) is 11.9 Å². The molecule has 0 bridgehead atoms. The van der Waals surface area contributed by atoms with Crippen LogP contribution in [-0.4, -0.2) is 21.5 Å². The summed E-state index contributed by atoms with van der Waals surface area (Å²) in [7, 11) is 1.84. The molecule has 11 heavy (non-hydrogen) atoms. The van der Waals surface area contributed by atoms with Crippen molar-refractivity contribution in [2.45, 2.75) is 6.42 Å². The summed E-state index contributed by atoms with van der Waals surface area (Å²) in [5, 5.41) is 7.58. The highest BCUT2D eigenvalue weighted by molar-refractivity contribution is 5.85. The maximum absolute atomic E-state index is 5.29. The average Bonchev–Trinajstić information content (AvgIpc) is 2.17. The molecule has 66 valence electrons. The predicted molar refractivity (Wildman–Crippen MR) is 48.3 cm³/mol. The second-order valence-corrected chi connectivity index (χ2v) is 1.92. The molecule has 1 rings (SSSR count). The first kappa shape index (κ1) is 13.3. The van der Waals surface area contributed by atoms with Gasteiger partial charge in [0.15, 0.2) is 0 Å². The van der Waals surface area contributed by atoms with Gasteiger partial charge in [0, 0.05) is 19.7 Å². The lowest BCUT2D eigenvalue weighted by molar-refractivity contribution is 0.713. The van der Waals surface area contributed by atoms with Crippen molar-refractivity contribution in [1.29, 1.82) is 0 Å². The molecule has 0 aliphatic heterocycles. The molecule has 6 heteroatoms. The number of hydrogen-bond donors (Lipinski definition) is 1. The fourth-order valence-corrected chi connectivity index (χ4v) is 0.658. The van der Waals surface area contributed by atoms with Gasteiger partial charge in [-0.1, -0.05) is 5.21 Å². The molecule has 0 radical (unpaired) electrons. The molecule has 2 N–H and O–H groups in total. The van der Waals surface area contributed by atoms with Crippen LogP contribution in [0.25, 0.3) is 0 Å². The Kier molecular flexibility index (Phi) is 7.72. The van der Waals surface area contributed by atoms with E-state index < -0.39 is 0 Å². The van der Waals surface area contributed by atoms with Crippen LogP contribution in [0.1, 0.15) is 5.69 Å². The Morgan fingerprint density at radius 3 is 2.55 bits per heavy atom. The molecule has 0 spiro atoms. The third-order valence-electron chi connectivity index (χ3n) is 1.05. The van der Waals surface area contributed by atoms with Crippen LogP contribution in [0.5, 0.6) is 0 Å². The summed E-state index contributed by atoms with van der Waals surface area (Å²) < 4.78 is 1.67. The fraction of sp³-hybridized carbons (Fsp3) is 0.600. The molecule has 1 aromatic rings. The zero-order valence-corrected chi connectivity index (χ0v) is 7.86. The summed E-state index contributed by atoms with van der Waals surface area (Å²) >= 11 is 0. The van der Waals surface area contributed by atoms with E-state index in [4.69, 9.17) is 5.73 Å². The minimum Gasteiger partial charge on any atom is -0.330 e. The van der Waals surface area contributed by atoms with Crippen LogP contribution in [0, 0.1) is 0 Å². The summed E-state index contributed by atoms with van der Waals surface area (Å²) in [4.78, 5) is 0. The maximum Gasteiger partial charge on any atom is 0.0839 e. The van der Waals surface area contributed by atoms with Gasteiger partial charge in [0.1, 0.15) is 0 Å². The van der Waals surface area contributed by atoms with Gasteiger partial charge in [-0.15, -0.1) is 29.9 Å². The summed E-state index contributed by atoms with van der Waals surface area (Å²) in [5.41, 5.74) is 6.25. The second kappa shape index (κ2) is 6.39. The molecule has 1 heterocycles. The molecule has 0 saturated carbocycles. The average molecular weight is 199 g/mol. The summed E-state index contributed by atoms with van der Waals surface area (Å²) in [6, 6.07) is 0. The van der Waals surface area contributed by atoms with Crippen molar-refractivity contribution < 1.29 is 0 Å². The molecule has 1 aromatic heterocycles. The summed E-state index contributed by atoms with van der Waals surface area (Å²) in [6.45, 7) is 0.638. The summed E-state index contributed by atoms with van der Waals surface area (Å²) in [5.74, 6) is 0. The molecule has 0 amide bonds. The highest BCUT2D eigenvalue weighted by atomic mass is 35.5. The SMILES string of the molecule is Cl.Cl.Cn1cc(CCN)nn1. The molecule has 0 aromatic carbocycles. The zero-order valence-electron chi connectivity index (χ0n) is 6.23. The largest absolute Gasteiger partial charge is 0.330 e. The van der Waals surface area contributed by atoms with E-state index in [-0.39, 0.29) is 24.8 Å². The van der Waals surface area contributed by atoms with E-state index in [1.807, 2.05) is 13.2 Å². The highest BCUT2D eigenvalue weighted by Gasteiger charge is 1.93. The molecule has 0 fully saturated rings. The monoisotopic (exact) mass is 198 g/mol.